The van der Waals surface area contributed by atoms with Crippen LogP contribution in [0, 0.1) is 5.82 Å². The molecule has 5 heteroatoms. The molecule has 0 N–H and O–H groups in total. The molecule has 3 nitrogen and oxygen atoms in total. The van der Waals surface area contributed by atoms with Crippen molar-refractivity contribution < 1.29 is 23.0 Å². The summed E-state index contributed by atoms with van der Waals surface area (Å²) in [5.74, 6) is -1.19. The first-order valence-electron chi connectivity index (χ1n) is 6.73. The lowest BCUT2D eigenvalue weighted by Gasteiger charge is -2.17. The van der Waals surface area contributed by atoms with Crippen LogP contribution in [0.1, 0.15) is 25.3 Å². The van der Waals surface area contributed by atoms with E-state index in [1.165, 1.54) is 26.2 Å². The molecule has 22 heavy (non-hydrogen) atoms. The molecular formula is C17H16F2O3. The highest BCUT2D eigenvalue weighted by atomic mass is 19.1. The number of allylic oxidation sites excluding steroid dienone is 4. The van der Waals surface area contributed by atoms with E-state index in [0.29, 0.717) is 12.2 Å². The Hall–Kier alpha value is -2.43. The largest absolute Gasteiger partial charge is 0.497 e. The van der Waals surface area contributed by atoms with E-state index in [9.17, 15) is 13.6 Å². The lowest BCUT2D eigenvalue weighted by molar-refractivity contribution is -0.135. The van der Waals surface area contributed by atoms with Gasteiger partial charge in [-0.25, -0.2) is 13.6 Å². The Morgan fingerprint density at radius 1 is 1.27 bits per heavy atom. The zero-order valence-electron chi connectivity index (χ0n) is 12.4. The van der Waals surface area contributed by atoms with Crippen molar-refractivity contribution in [2.45, 2.75) is 19.8 Å². The molecule has 0 radical (unpaired) electrons. The van der Waals surface area contributed by atoms with Crippen LogP contribution >= 0.6 is 0 Å². The lowest BCUT2D eigenvalue weighted by Crippen LogP contribution is -2.08. The Bertz CT molecular complexity index is 687. The number of halogens is 2. The monoisotopic (exact) mass is 306 g/mol. The van der Waals surface area contributed by atoms with Crippen LogP contribution in [0.15, 0.2) is 48.0 Å². The Balaban J connectivity index is 2.28. The van der Waals surface area contributed by atoms with Crippen molar-refractivity contribution in [3.8, 4) is 5.75 Å². The highest BCUT2D eigenvalue weighted by molar-refractivity contribution is 5.88. The Kier molecular flexibility index (Phi) is 4.75. The molecule has 0 aromatic heterocycles. The Morgan fingerprint density at radius 2 is 2.00 bits per heavy atom. The van der Waals surface area contributed by atoms with Gasteiger partial charge in [-0.05, 0) is 31.1 Å². The number of benzene rings is 1. The van der Waals surface area contributed by atoms with Gasteiger partial charge >= 0.3 is 5.97 Å². The molecule has 1 aliphatic rings. The van der Waals surface area contributed by atoms with Crippen molar-refractivity contribution >= 4 is 11.5 Å². The maximum absolute atomic E-state index is 14.2. The third kappa shape index (κ3) is 3.42. The van der Waals surface area contributed by atoms with E-state index in [4.69, 9.17) is 9.47 Å². The topological polar surface area (TPSA) is 35.5 Å². The van der Waals surface area contributed by atoms with E-state index in [0.717, 1.165) is 6.08 Å². The van der Waals surface area contributed by atoms with Gasteiger partial charge in [0.1, 0.15) is 23.2 Å². The van der Waals surface area contributed by atoms with Gasteiger partial charge in [0.15, 0.2) is 0 Å². The van der Waals surface area contributed by atoms with Crippen LogP contribution in [0.25, 0.3) is 5.57 Å². The fourth-order valence-electron chi connectivity index (χ4n) is 2.09. The summed E-state index contributed by atoms with van der Waals surface area (Å²) in [6.07, 6.45) is 1.67. The fourth-order valence-corrected chi connectivity index (χ4v) is 2.09. The van der Waals surface area contributed by atoms with Gasteiger partial charge < -0.3 is 9.47 Å². The van der Waals surface area contributed by atoms with E-state index >= 15 is 0 Å². The zero-order valence-corrected chi connectivity index (χ0v) is 12.4. The van der Waals surface area contributed by atoms with Crippen molar-refractivity contribution in [3.05, 3.63) is 59.4 Å². The number of methoxy groups -OCH3 is 1. The molecule has 2 rings (SSSR count). The molecular weight excluding hydrogens is 290 g/mol. The van der Waals surface area contributed by atoms with Crippen LogP contribution in [-0.4, -0.2) is 13.1 Å². The van der Waals surface area contributed by atoms with E-state index in [1.807, 2.05) is 0 Å². The summed E-state index contributed by atoms with van der Waals surface area (Å²) in [6, 6.07) is 4.25. The standard InChI is InChI=1S/C17H16F2O3/c1-10(2)17(20)22-12-5-7-14(16(19)9-12)13-6-4-11(21-3)8-15(13)18/h4,6,8-9H,1,5,7H2,2-3H3. The zero-order chi connectivity index (χ0) is 16.3. The van der Waals surface area contributed by atoms with Crippen LogP contribution in [0.5, 0.6) is 5.75 Å². The molecule has 0 amide bonds. The molecule has 0 saturated heterocycles. The normalized spacial score (nSPS) is 14.5. The molecule has 0 unspecified atom stereocenters. The first kappa shape index (κ1) is 15.9. The first-order valence-corrected chi connectivity index (χ1v) is 6.73. The molecule has 1 aromatic carbocycles. The van der Waals surface area contributed by atoms with Crippen LogP contribution in [0.2, 0.25) is 0 Å². The number of hydrogen-bond donors (Lipinski definition) is 0. The maximum atomic E-state index is 14.2. The molecule has 116 valence electrons. The number of ether oxygens (including phenoxy) is 2. The number of carbonyl (C=O) groups excluding carboxylic acids is 1. The molecule has 0 fully saturated rings. The highest BCUT2D eigenvalue weighted by Gasteiger charge is 2.20. The number of esters is 1. The summed E-state index contributed by atoms with van der Waals surface area (Å²) in [5.41, 5.74) is 0.660. The Labute approximate surface area is 127 Å². The highest BCUT2D eigenvalue weighted by Crippen LogP contribution is 2.35. The predicted molar refractivity (Wildman–Crippen MR) is 79.2 cm³/mol. The minimum atomic E-state index is -0.611. The van der Waals surface area contributed by atoms with E-state index in [2.05, 4.69) is 6.58 Å². The van der Waals surface area contributed by atoms with Gasteiger partial charge in [-0.3, -0.25) is 0 Å². The van der Waals surface area contributed by atoms with Crippen molar-refractivity contribution in [1.29, 1.82) is 0 Å². The second-order valence-electron chi connectivity index (χ2n) is 4.95. The second-order valence-corrected chi connectivity index (χ2v) is 4.95. The third-order valence-electron chi connectivity index (χ3n) is 3.27. The molecule has 0 heterocycles. The van der Waals surface area contributed by atoms with E-state index in [-0.39, 0.29) is 28.9 Å². The van der Waals surface area contributed by atoms with Crippen molar-refractivity contribution in [1.82, 2.24) is 0 Å². The van der Waals surface area contributed by atoms with Crippen molar-refractivity contribution in [2.24, 2.45) is 0 Å². The summed E-state index contributed by atoms with van der Waals surface area (Å²) < 4.78 is 38.1. The van der Waals surface area contributed by atoms with E-state index in [1.54, 1.807) is 6.07 Å². The minimum Gasteiger partial charge on any atom is -0.497 e. The quantitative estimate of drug-likeness (QED) is 0.614. The van der Waals surface area contributed by atoms with Gasteiger partial charge in [-0.2, -0.15) is 0 Å². The first-order chi connectivity index (χ1) is 10.4. The summed E-state index contributed by atoms with van der Waals surface area (Å²) in [6.45, 7) is 4.97. The molecule has 0 bridgehead atoms. The van der Waals surface area contributed by atoms with E-state index < -0.39 is 17.6 Å². The summed E-state index contributed by atoms with van der Waals surface area (Å²) in [5, 5.41) is 0. The van der Waals surface area contributed by atoms with Crippen LogP contribution < -0.4 is 4.74 Å². The molecule has 1 aliphatic carbocycles. The third-order valence-corrected chi connectivity index (χ3v) is 3.27. The smallest absolute Gasteiger partial charge is 0.338 e. The maximum Gasteiger partial charge on any atom is 0.338 e. The van der Waals surface area contributed by atoms with Crippen molar-refractivity contribution in [3.63, 3.8) is 0 Å². The van der Waals surface area contributed by atoms with Gasteiger partial charge in [-0.1, -0.05) is 6.58 Å². The van der Waals surface area contributed by atoms with Gasteiger partial charge in [0, 0.05) is 29.7 Å². The van der Waals surface area contributed by atoms with Crippen LogP contribution in [0.3, 0.4) is 0 Å². The van der Waals surface area contributed by atoms with Crippen LogP contribution in [-0.2, 0) is 9.53 Å². The minimum absolute atomic E-state index is 0.180. The molecule has 0 aliphatic heterocycles. The number of hydrogen-bond acceptors (Lipinski definition) is 3. The number of carbonyl (C=O) groups is 1. The Morgan fingerprint density at radius 3 is 2.55 bits per heavy atom. The average molecular weight is 306 g/mol. The lowest BCUT2D eigenvalue weighted by atomic mass is 9.95. The second kappa shape index (κ2) is 6.56. The molecule has 0 atom stereocenters. The average Bonchev–Trinajstić information content (AvgIpc) is 2.47. The summed E-state index contributed by atoms with van der Waals surface area (Å²) in [7, 11) is 1.43. The van der Waals surface area contributed by atoms with Crippen molar-refractivity contribution in [2.75, 3.05) is 7.11 Å². The van der Waals surface area contributed by atoms with Gasteiger partial charge in [0.25, 0.3) is 0 Å². The molecule has 0 spiro atoms. The van der Waals surface area contributed by atoms with Gasteiger partial charge in [-0.15, -0.1) is 0 Å². The number of rotatable bonds is 4. The summed E-state index contributed by atoms with van der Waals surface area (Å²) >= 11 is 0. The van der Waals surface area contributed by atoms with Crippen LogP contribution in [0.4, 0.5) is 8.78 Å². The summed E-state index contributed by atoms with van der Waals surface area (Å²) in [4.78, 5) is 11.4. The fraction of sp³-hybridized carbons (Fsp3) is 0.235. The molecule has 1 aromatic rings. The predicted octanol–water partition coefficient (Wildman–Crippen LogP) is 4.31. The molecule has 0 saturated carbocycles. The van der Waals surface area contributed by atoms with Gasteiger partial charge in [0.05, 0.1) is 7.11 Å². The van der Waals surface area contributed by atoms with Gasteiger partial charge in [0.2, 0.25) is 0 Å². The SMILES string of the molecule is C=C(C)C(=O)OC1=CC(F)=C(c2ccc(OC)cc2F)CC1.